The molecule has 0 unspecified atom stereocenters. The van der Waals surface area contributed by atoms with Gasteiger partial charge < -0.3 is 9.52 Å². The van der Waals surface area contributed by atoms with E-state index in [1.807, 2.05) is 6.92 Å². The molecule has 3 rings (SSSR count). The van der Waals surface area contributed by atoms with E-state index >= 15 is 0 Å². The smallest absolute Gasteiger partial charge is 0.416 e. The van der Waals surface area contributed by atoms with Crippen molar-refractivity contribution in [3.63, 3.8) is 0 Å². The first-order valence-electron chi connectivity index (χ1n) is 9.05. The van der Waals surface area contributed by atoms with Crippen molar-refractivity contribution in [2.45, 2.75) is 19.5 Å². The van der Waals surface area contributed by atoms with Crippen molar-refractivity contribution in [2.75, 3.05) is 0 Å². The molecule has 0 fully saturated rings. The summed E-state index contributed by atoms with van der Waals surface area (Å²) >= 11 is 0. The number of nitrogens with one attached hydrogen (secondary N) is 1. The molecule has 0 spiro atoms. The van der Waals surface area contributed by atoms with E-state index < -0.39 is 23.6 Å². The predicted octanol–water partition coefficient (Wildman–Crippen LogP) is 4.66. The van der Waals surface area contributed by atoms with Crippen LogP contribution in [0, 0.1) is 6.92 Å². The third-order valence-corrected chi connectivity index (χ3v) is 4.38. The Balaban J connectivity index is 1.64. The van der Waals surface area contributed by atoms with Crippen LogP contribution < -0.4 is 5.43 Å². The van der Waals surface area contributed by atoms with Crippen LogP contribution >= 0.6 is 0 Å². The van der Waals surface area contributed by atoms with E-state index in [4.69, 9.17) is 9.52 Å². The highest BCUT2D eigenvalue weighted by Gasteiger charge is 2.30. The highest BCUT2D eigenvalue weighted by Crippen LogP contribution is 2.29. The summed E-state index contributed by atoms with van der Waals surface area (Å²) in [6, 6.07) is 12.4. The molecule has 1 heterocycles. The molecule has 0 saturated carbocycles. The molecule has 3 aromatic rings. The van der Waals surface area contributed by atoms with Gasteiger partial charge in [-0.25, -0.2) is 10.2 Å². The highest BCUT2D eigenvalue weighted by molar-refractivity contribution is 5.89. The Labute approximate surface area is 175 Å². The van der Waals surface area contributed by atoms with Gasteiger partial charge in [-0.2, -0.15) is 18.3 Å². The van der Waals surface area contributed by atoms with E-state index in [2.05, 4.69) is 10.5 Å². The number of alkyl halides is 3. The number of benzene rings is 2. The molecule has 0 atom stereocenters. The number of hydrogen-bond donors (Lipinski definition) is 2. The van der Waals surface area contributed by atoms with Crippen LogP contribution in [0.3, 0.4) is 0 Å². The van der Waals surface area contributed by atoms with Crippen molar-refractivity contribution in [2.24, 2.45) is 5.10 Å². The predicted molar refractivity (Wildman–Crippen MR) is 107 cm³/mol. The number of amides is 1. The second kappa shape index (κ2) is 8.86. The van der Waals surface area contributed by atoms with Crippen LogP contribution in [0.2, 0.25) is 0 Å². The lowest BCUT2D eigenvalue weighted by molar-refractivity contribution is -0.137. The second-order valence-corrected chi connectivity index (χ2v) is 6.70. The topological polar surface area (TPSA) is 91.9 Å². The van der Waals surface area contributed by atoms with Gasteiger partial charge in [-0.3, -0.25) is 4.79 Å². The molecule has 0 radical (unpaired) electrons. The minimum absolute atomic E-state index is 0.120. The lowest BCUT2D eigenvalue weighted by Crippen LogP contribution is -2.20. The Morgan fingerprint density at radius 3 is 2.61 bits per heavy atom. The Hall–Kier alpha value is -3.88. The number of carbonyl (C=O) groups excluding carboxylic acids is 1. The molecular formula is C22H17F3N2O4. The normalized spacial score (nSPS) is 11.6. The monoisotopic (exact) mass is 430 g/mol. The molecule has 9 heteroatoms. The first-order valence-corrected chi connectivity index (χ1v) is 9.05. The number of carboxylic acid groups (broad SMARTS) is 1. The van der Waals surface area contributed by atoms with Gasteiger partial charge in [0.1, 0.15) is 11.5 Å². The van der Waals surface area contributed by atoms with Gasteiger partial charge in [-0.1, -0.05) is 24.3 Å². The highest BCUT2D eigenvalue weighted by atomic mass is 19.4. The first-order chi connectivity index (χ1) is 14.6. The van der Waals surface area contributed by atoms with Gasteiger partial charge in [0.25, 0.3) is 0 Å². The fourth-order valence-corrected chi connectivity index (χ4v) is 2.84. The van der Waals surface area contributed by atoms with Gasteiger partial charge in [0.15, 0.2) is 0 Å². The van der Waals surface area contributed by atoms with Gasteiger partial charge in [0, 0.05) is 5.56 Å². The van der Waals surface area contributed by atoms with Crippen LogP contribution in [0.25, 0.3) is 11.3 Å². The summed E-state index contributed by atoms with van der Waals surface area (Å²) in [7, 11) is 0. The minimum Gasteiger partial charge on any atom is -0.478 e. The number of carboxylic acids is 1. The summed E-state index contributed by atoms with van der Waals surface area (Å²) in [4.78, 5) is 23.1. The summed E-state index contributed by atoms with van der Waals surface area (Å²) in [5, 5.41) is 12.9. The second-order valence-electron chi connectivity index (χ2n) is 6.70. The molecule has 31 heavy (non-hydrogen) atoms. The Kier molecular flexibility index (Phi) is 6.24. The van der Waals surface area contributed by atoms with Crippen molar-refractivity contribution in [3.8, 4) is 11.3 Å². The molecule has 0 bridgehead atoms. The average molecular weight is 430 g/mol. The molecular weight excluding hydrogens is 413 g/mol. The van der Waals surface area contributed by atoms with Crippen LogP contribution in [-0.2, 0) is 17.4 Å². The zero-order chi connectivity index (χ0) is 22.6. The van der Waals surface area contributed by atoms with Gasteiger partial charge in [-0.15, -0.1) is 0 Å². The maximum Gasteiger partial charge on any atom is 0.416 e. The zero-order valence-corrected chi connectivity index (χ0v) is 16.2. The molecule has 0 saturated heterocycles. The number of rotatable bonds is 6. The third kappa shape index (κ3) is 5.59. The van der Waals surface area contributed by atoms with E-state index in [1.54, 1.807) is 18.2 Å². The summed E-state index contributed by atoms with van der Waals surface area (Å²) < 4.78 is 43.8. The van der Waals surface area contributed by atoms with Crippen LogP contribution in [-0.4, -0.2) is 23.2 Å². The lowest BCUT2D eigenvalue weighted by atomic mass is 10.0. The average Bonchev–Trinajstić information content (AvgIpc) is 3.16. The number of carbonyl (C=O) groups is 2. The molecule has 2 aromatic carbocycles. The van der Waals surface area contributed by atoms with Crippen LogP contribution in [0.5, 0.6) is 0 Å². The van der Waals surface area contributed by atoms with E-state index in [1.165, 1.54) is 30.5 Å². The number of furan rings is 1. The molecule has 0 aliphatic rings. The fourth-order valence-electron chi connectivity index (χ4n) is 2.84. The molecule has 1 aromatic heterocycles. The third-order valence-electron chi connectivity index (χ3n) is 4.38. The van der Waals surface area contributed by atoms with Gasteiger partial charge in [0.2, 0.25) is 5.91 Å². The first kappa shape index (κ1) is 21.8. The number of nitrogens with zero attached hydrogens (tertiary/aromatic N) is 1. The van der Waals surface area contributed by atoms with Crippen LogP contribution in [0.4, 0.5) is 13.2 Å². The van der Waals surface area contributed by atoms with Gasteiger partial charge >= 0.3 is 12.1 Å². The molecule has 0 aliphatic carbocycles. The van der Waals surface area contributed by atoms with Crippen LogP contribution in [0.1, 0.15) is 32.8 Å². The van der Waals surface area contributed by atoms with Crippen molar-refractivity contribution < 1.29 is 32.3 Å². The van der Waals surface area contributed by atoms with Crippen molar-refractivity contribution in [3.05, 3.63) is 82.6 Å². The molecule has 1 amide bonds. The van der Waals surface area contributed by atoms with Crippen molar-refractivity contribution >= 4 is 18.1 Å². The van der Waals surface area contributed by atoms with Gasteiger partial charge in [0.05, 0.1) is 23.8 Å². The number of aryl methyl sites for hydroxylation is 1. The molecule has 6 nitrogen and oxygen atoms in total. The summed E-state index contributed by atoms with van der Waals surface area (Å²) in [6.07, 6.45) is -3.51. The largest absolute Gasteiger partial charge is 0.478 e. The molecule has 2 N–H and O–H groups in total. The SMILES string of the molecule is Cc1ccc(C(=O)O)cc1-c1ccc(/C=N/NC(=O)Cc2cccc(C(F)(F)F)c2)o1. The summed E-state index contributed by atoms with van der Waals surface area (Å²) in [5.74, 6) is -0.919. The molecule has 0 aliphatic heterocycles. The zero-order valence-electron chi connectivity index (χ0n) is 16.2. The van der Waals surface area contributed by atoms with E-state index in [0.29, 0.717) is 17.1 Å². The van der Waals surface area contributed by atoms with Gasteiger partial charge in [-0.05, 0) is 48.4 Å². The van der Waals surface area contributed by atoms with E-state index in [0.717, 1.165) is 17.7 Å². The summed E-state index contributed by atoms with van der Waals surface area (Å²) in [6.45, 7) is 1.81. The minimum atomic E-state index is -4.48. The quantitative estimate of drug-likeness (QED) is 0.439. The number of aromatic carboxylic acids is 1. The van der Waals surface area contributed by atoms with E-state index in [-0.39, 0.29) is 17.5 Å². The van der Waals surface area contributed by atoms with E-state index in [9.17, 15) is 22.8 Å². The Bertz CT molecular complexity index is 1150. The molecule has 160 valence electrons. The van der Waals surface area contributed by atoms with Crippen molar-refractivity contribution in [1.82, 2.24) is 5.43 Å². The maximum atomic E-state index is 12.7. The Morgan fingerprint density at radius 1 is 1.13 bits per heavy atom. The Morgan fingerprint density at radius 2 is 1.90 bits per heavy atom. The fraction of sp³-hybridized carbons (Fsp3) is 0.136. The maximum absolute atomic E-state index is 12.7. The number of halogens is 3. The number of hydrazone groups is 1. The summed E-state index contributed by atoms with van der Waals surface area (Å²) in [5.41, 5.74) is 3.15. The van der Waals surface area contributed by atoms with Crippen molar-refractivity contribution in [1.29, 1.82) is 0 Å². The number of hydrogen-bond acceptors (Lipinski definition) is 4. The standard InChI is InChI=1S/C22H17F3N2O4/c1-13-5-6-15(21(29)30)11-18(13)19-8-7-17(31-19)12-26-27-20(28)10-14-3-2-4-16(9-14)22(23,24)25/h2-9,11-12H,10H2,1H3,(H,27,28)(H,29,30)/b26-12+. The lowest BCUT2D eigenvalue weighted by Gasteiger charge is -2.08. The van der Waals surface area contributed by atoms with Crippen LogP contribution in [0.15, 0.2) is 64.1 Å².